The van der Waals surface area contributed by atoms with E-state index in [2.05, 4.69) is 30.4 Å². The Morgan fingerprint density at radius 3 is 2.50 bits per heavy atom. The minimum atomic E-state index is -4.52. The molecule has 11 heteroatoms. The summed E-state index contributed by atoms with van der Waals surface area (Å²) in [6, 6.07) is 2.13. The molecule has 0 saturated heterocycles. The van der Waals surface area contributed by atoms with Crippen molar-refractivity contribution in [3.05, 3.63) is 36.4 Å². The van der Waals surface area contributed by atoms with E-state index in [1.807, 2.05) is 6.92 Å². The summed E-state index contributed by atoms with van der Waals surface area (Å²) in [6.07, 6.45) is 0.128. The fourth-order valence-corrected chi connectivity index (χ4v) is 2.68. The number of halogens is 3. The SMILES string of the molecule is CCn1c(Sc2ccc(C(F)(F)F)nn2)nnc1-c1cnccn1. The Morgan fingerprint density at radius 1 is 1.08 bits per heavy atom. The molecule has 0 unspecified atom stereocenters. The van der Waals surface area contributed by atoms with E-state index in [0.29, 0.717) is 23.2 Å². The van der Waals surface area contributed by atoms with Gasteiger partial charge in [0.05, 0.1) is 6.20 Å². The van der Waals surface area contributed by atoms with Gasteiger partial charge < -0.3 is 4.57 Å². The standard InChI is InChI=1S/C13H10F3N7S/c1-2-23-11(8-7-17-5-6-18-8)21-22-12(23)24-10-4-3-9(19-20-10)13(14,15)16/h3-7H,2H2,1H3. The van der Waals surface area contributed by atoms with E-state index in [0.717, 1.165) is 17.8 Å². The maximum Gasteiger partial charge on any atom is 0.435 e. The third kappa shape index (κ3) is 3.35. The summed E-state index contributed by atoms with van der Waals surface area (Å²) in [4.78, 5) is 8.15. The molecule has 3 aromatic rings. The molecule has 0 aliphatic carbocycles. The van der Waals surface area contributed by atoms with Crippen LogP contribution >= 0.6 is 11.8 Å². The summed E-state index contributed by atoms with van der Waals surface area (Å²) in [6.45, 7) is 2.45. The van der Waals surface area contributed by atoms with E-state index in [9.17, 15) is 13.2 Å². The molecule has 0 aliphatic heterocycles. The van der Waals surface area contributed by atoms with Gasteiger partial charge in [0.1, 0.15) is 10.7 Å². The molecule has 0 N–H and O–H groups in total. The lowest BCUT2D eigenvalue weighted by Gasteiger charge is -2.07. The van der Waals surface area contributed by atoms with Gasteiger partial charge in [0.25, 0.3) is 0 Å². The lowest BCUT2D eigenvalue weighted by Crippen LogP contribution is -2.09. The number of nitrogens with zero attached hydrogens (tertiary/aromatic N) is 7. The first-order valence-corrected chi connectivity index (χ1v) is 7.59. The molecule has 0 aromatic carbocycles. The first-order valence-electron chi connectivity index (χ1n) is 6.77. The van der Waals surface area contributed by atoms with E-state index in [4.69, 9.17) is 0 Å². The van der Waals surface area contributed by atoms with Crippen molar-refractivity contribution in [2.75, 3.05) is 0 Å². The Kier molecular flexibility index (Phi) is 4.42. The van der Waals surface area contributed by atoms with Crippen LogP contribution in [0.3, 0.4) is 0 Å². The van der Waals surface area contributed by atoms with Crippen molar-refractivity contribution in [2.45, 2.75) is 29.8 Å². The van der Waals surface area contributed by atoms with Gasteiger partial charge in [-0.05, 0) is 30.8 Å². The first-order chi connectivity index (χ1) is 11.5. The predicted octanol–water partition coefficient (Wildman–Crippen LogP) is 2.71. The summed E-state index contributed by atoms with van der Waals surface area (Å²) >= 11 is 1.07. The molecule has 0 bridgehead atoms. The Morgan fingerprint density at radius 2 is 1.92 bits per heavy atom. The van der Waals surface area contributed by atoms with Crippen molar-refractivity contribution >= 4 is 11.8 Å². The monoisotopic (exact) mass is 353 g/mol. The van der Waals surface area contributed by atoms with Crippen LogP contribution in [0.5, 0.6) is 0 Å². The predicted molar refractivity (Wildman–Crippen MR) is 77.9 cm³/mol. The van der Waals surface area contributed by atoms with Crippen molar-refractivity contribution < 1.29 is 13.2 Å². The minimum Gasteiger partial charge on any atom is -0.301 e. The van der Waals surface area contributed by atoms with E-state index in [-0.39, 0.29) is 5.03 Å². The molecule has 0 spiro atoms. The van der Waals surface area contributed by atoms with Crippen LogP contribution in [0.25, 0.3) is 11.5 Å². The highest BCUT2D eigenvalue weighted by molar-refractivity contribution is 7.99. The second-order valence-electron chi connectivity index (χ2n) is 4.50. The van der Waals surface area contributed by atoms with Crippen LogP contribution < -0.4 is 0 Å². The molecule has 3 rings (SSSR count). The van der Waals surface area contributed by atoms with Crippen LogP contribution in [0, 0.1) is 0 Å². The first kappa shape index (κ1) is 16.3. The van der Waals surface area contributed by atoms with Crippen molar-refractivity contribution in [1.29, 1.82) is 0 Å². The Bertz CT molecular complexity index is 818. The van der Waals surface area contributed by atoms with Gasteiger partial charge in [-0.1, -0.05) is 0 Å². The molecule has 124 valence electrons. The largest absolute Gasteiger partial charge is 0.435 e. The fraction of sp³-hybridized carbons (Fsp3) is 0.231. The summed E-state index contributed by atoms with van der Waals surface area (Å²) < 4.78 is 39.3. The lowest BCUT2D eigenvalue weighted by molar-refractivity contribution is -0.141. The second-order valence-corrected chi connectivity index (χ2v) is 5.49. The third-order valence-corrected chi connectivity index (χ3v) is 3.86. The number of alkyl halides is 3. The van der Waals surface area contributed by atoms with Gasteiger partial charge >= 0.3 is 6.18 Å². The van der Waals surface area contributed by atoms with Gasteiger partial charge in [-0.25, -0.2) is 4.98 Å². The second kappa shape index (κ2) is 6.51. The molecule has 0 fully saturated rings. The molecule has 3 aromatic heterocycles. The topological polar surface area (TPSA) is 82.3 Å². The summed E-state index contributed by atoms with van der Waals surface area (Å²) in [7, 11) is 0. The fourth-order valence-electron chi connectivity index (χ4n) is 1.87. The third-order valence-electron chi connectivity index (χ3n) is 2.95. The summed E-state index contributed by atoms with van der Waals surface area (Å²) in [5.74, 6) is 0.521. The summed E-state index contributed by atoms with van der Waals surface area (Å²) in [5.41, 5.74) is -0.485. The highest BCUT2D eigenvalue weighted by atomic mass is 32.2. The molecule has 24 heavy (non-hydrogen) atoms. The lowest BCUT2D eigenvalue weighted by atomic mass is 10.4. The zero-order valence-electron chi connectivity index (χ0n) is 12.3. The molecule has 0 saturated carbocycles. The number of aromatic nitrogens is 7. The maximum atomic E-state index is 12.5. The van der Waals surface area contributed by atoms with Crippen LogP contribution in [-0.4, -0.2) is 34.9 Å². The molecule has 0 atom stereocenters. The van der Waals surface area contributed by atoms with E-state index >= 15 is 0 Å². The van der Waals surface area contributed by atoms with Crippen LogP contribution in [-0.2, 0) is 12.7 Å². The zero-order chi connectivity index (χ0) is 17.2. The Labute approximate surface area is 138 Å². The highest BCUT2D eigenvalue weighted by Crippen LogP contribution is 2.30. The maximum absolute atomic E-state index is 12.5. The van der Waals surface area contributed by atoms with Gasteiger partial charge in [-0.2, -0.15) is 13.2 Å². The van der Waals surface area contributed by atoms with Crippen LogP contribution in [0.1, 0.15) is 12.6 Å². The van der Waals surface area contributed by atoms with Gasteiger partial charge in [0, 0.05) is 18.9 Å². The molecule has 0 amide bonds. The van der Waals surface area contributed by atoms with Gasteiger partial charge in [0.2, 0.25) is 0 Å². The summed E-state index contributed by atoms with van der Waals surface area (Å²) in [5, 5.41) is 15.7. The van der Waals surface area contributed by atoms with E-state index in [1.165, 1.54) is 12.3 Å². The Balaban J connectivity index is 1.87. The van der Waals surface area contributed by atoms with E-state index in [1.54, 1.807) is 17.0 Å². The molecule has 3 heterocycles. The van der Waals surface area contributed by atoms with Crippen molar-refractivity contribution in [3.63, 3.8) is 0 Å². The van der Waals surface area contributed by atoms with E-state index < -0.39 is 11.9 Å². The number of hydrogen-bond acceptors (Lipinski definition) is 7. The van der Waals surface area contributed by atoms with Crippen molar-refractivity contribution in [2.24, 2.45) is 0 Å². The quantitative estimate of drug-likeness (QED) is 0.713. The van der Waals surface area contributed by atoms with Crippen LogP contribution in [0.15, 0.2) is 40.9 Å². The Hall–Kier alpha value is -2.56. The van der Waals surface area contributed by atoms with Crippen molar-refractivity contribution in [1.82, 2.24) is 34.9 Å². The van der Waals surface area contributed by atoms with Gasteiger partial charge in [-0.3, -0.25) is 4.98 Å². The number of hydrogen-bond donors (Lipinski definition) is 0. The average Bonchev–Trinajstić information content (AvgIpc) is 2.98. The number of rotatable bonds is 4. The minimum absolute atomic E-state index is 0.288. The van der Waals surface area contributed by atoms with Gasteiger partial charge in [0.15, 0.2) is 16.7 Å². The molecule has 7 nitrogen and oxygen atoms in total. The molecule has 0 aliphatic rings. The smallest absolute Gasteiger partial charge is 0.301 e. The zero-order valence-corrected chi connectivity index (χ0v) is 13.1. The normalized spacial score (nSPS) is 11.7. The molecular weight excluding hydrogens is 343 g/mol. The van der Waals surface area contributed by atoms with Crippen molar-refractivity contribution in [3.8, 4) is 11.5 Å². The average molecular weight is 353 g/mol. The van der Waals surface area contributed by atoms with Gasteiger partial charge in [-0.15, -0.1) is 20.4 Å². The van der Waals surface area contributed by atoms with Crippen LogP contribution in [0.4, 0.5) is 13.2 Å². The highest BCUT2D eigenvalue weighted by Gasteiger charge is 2.33. The van der Waals surface area contributed by atoms with Crippen LogP contribution in [0.2, 0.25) is 0 Å². The molecular formula is C13H10F3N7S. The molecule has 0 radical (unpaired) electrons.